The predicted molar refractivity (Wildman–Crippen MR) is 66.6 cm³/mol. The summed E-state index contributed by atoms with van der Waals surface area (Å²) in [5.74, 6) is -1.41. The lowest BCUT2D eigenvalue weighted by atomic mass is 10.2. The van der Waals surface area contributed by atoms with E-state index in [1.807, 2.05) is 6.07 Å². The molecule has 1 aromatic rings. The van der Waals surface area contributed by atoms with Gasteiger partial charge in [0.25, 0.3) is 0 Å². The number of benzene rings is 1. The van der Waals surface area contributed by atoms with Crippen molar-refractivity contribution in [3.63, 3.8) is 0 Å². The molecule has 2 amide bonds. The van der Waals surface area contributed by atoms with Gasteiger partial charge in [-0.05, 0) is 18.2 Å². The average molecular weight is 263 g/mol. The second-order valence-electron chi connectivity index (χ2n) is 3.76. The molecular weight excluding hydrogens is 250 g/mol. The molecule has 7 heteroatoms. The molecule has 7 nitrogen and oxygen atoms in total. The first-order chi connectivity index (χ1) is 8.95. The summed E-state index contributed by atoms with van der Waals surface area (Å²) in [6.45, 7) is -0.392. The van der Waals surface area contributed by atoms with Gasteiger partial charge < -0.3 is 15.5 Å². The fourth-order valence-electron chi connectivity index (χ4n) is 1.29. The Bertz CT molecular complexity index is 524. The number of hydrogen-bond donors (Lipinski definition) is 3. The second kappa shape index (κ2) is 6.37. The Morgan fingerprint density at radius 2 is 2.21 bits per heavy atom. The molecular formula is C12H13N3O4. The van der Waals surface area contributed by atoms with E-state index in [1.54, 1.807) is 18.2 Å². The predicted octanol–water partition coefficient (Wildman–Crippen LogP) is 0.150. The molecule has 1 unspecified atom stereocenters. The van der Waals surface area contributed by atoms with Crippen molar-refractivity contribution >= 4 is 17.7 Å². The number of urea groups is 1. The van der Waals surface area contributed by atoms with Crippen molar-refractivity contribution in [2.75, 3.05) is 18.5 Å². The van der Waals surface area contributed by atoms with Crippen molar-refractivity contribution in [3.05, 3.63) is 29.8 Å². The van der Waals surface area contributed by atoms with E-state index in [2.05, 4.69) is 5.32 Å². The summed E-state index contributed by atoms with van der Waals surface area (Å²) in [5.41, 5.74) is 0.893. The molecule has 0 aliphatic rings. The number of hydrogen-bond acceptors (Lipinski definition) is 4. The number of carbonyl (C=O) groups excluding carboxylic acids is 1. The number of carboxylic acids is 1. The topological polar surface area (TPSA) is 114 Å². The number of aliphatic hydroxyl groups is 1. The summed E-state index contributed by atoms with van der Waals surface area (Å²) < 4.78 is 0. The normalized spacial score (nSPS) is 11.2. The third-order valence-electron chi connectivity index (χ3n) is 2.40. The van der Waals surface area contributed by atoms with Gasteiger partial charge in [0.15, 0.2) is 6.10 Å². The van der Waals surface area contributed by atoms with Crippen LogP contribution in [0, 0.1) is 11.3 Å². The molecule has 0 fully saturated rings. The van der Waals surface area contributed by atoms with Crippen molar-refractivity contribution in [2.24, 2.45) is 0 Å². The van der Waals surface area contributed by atoms with Gasteiger partial charge in [-0.15, -0.1) is 0 Å². The SMILES string of the molecule is CN(C(=O)NCC(O)C(=O)O)c1cccc(C#N)c1. The van der Waals surface area contributed by atoms with Crippen LogP contribution in [-0.4, -0.2) is 41.9 Å². The Kier molecular flexibility index (Phi) is 4.85. The third kappa shape index (κ3) is 3.97. The van der Waals surface area contributed by atoms with E-state index >= 15 is 0 Å². The number of nitrogens with one attached hydrogen (secondary N) is 1. The molecule has 0 aromatic heterocycles. The minimum absolute atomic E-state index is 0.392. The largest absolute Gasteiger partial charge is 0.479 e. The molecule has 1 atom stereocenters. The van der Waals surface area contributed by atoms with Gasteiger partial charge in [-0.1, -0.05) is 6.07 Å². The third-order valence-corrected chi connectivity index (χ3v) is 2.40. The van der Waals surface area contributed by atoms with E-state index in [0.29, 0.717) is 11.3 Å². The lowest BCUT2D eigenvalue weighted by molar-refractivity contribution is -0.146. The molecule has 1 rings (SSSR count). The van der Waals surface area contributed by atoms with Crippen LogP contribution >= 0.6 is 0 Å². The van der Waals surface area contributed by atoms with Crippen LogP contribution in [0.25, 0.3) is 0 Å². The van der Waals surface area contributed by atoms with Crippen LogP contribution in [0.2, 0.25) is 0 Å². The lowest BCUT2D eigenvalue weighted by Gasteiger charge is -2.18. The monoisotopic (exact) mass is 263 g/mol. The Morgan fingerprint density at radius 3 is 2.79 bits per heavy atom. The van der Waals surface area contributed by atoms with E-state index < -0.39 is 24.6 Å². The average Bonchev–Trinajstić information content (AvgIpc) is 2.43. The molecule has 0 aliphatic carbocycles. The first kappa shape index (κ1) is 14.5. The molecule has 0 heterocycles. The fraction of sp³-hybridized carbons (Fsp3) is 0.250. The molecule has 19 heavy (non-hydrogen) atoms. The van der Waals surface area contributed by atoms with Crippen LogP contribution in [0.5, 0.6) is 0 Å². The minimum atomic E-state index is -1.65. The molecule has 0 saturated carbocycles. The van der Waals surface area contributed by atoms with E-state index in [-0.39, 0.29) is 0 Å². The maximum atomic E-state index is 11.7. The summed E-state index contributed by atoms with van der Waals surface area (Å²) in [7, 11) is 1.47. The number of nitriles is 1. The van der Waals surface area contributed by atoms with Crippen LogP contribution in [0.4, 0.5) is 10.5 Å². The molecule has 100 valence electrons. The van der Waals surface area contributed by atoms with Crippen molar-refractivity contribution < 1.29 is 19.8 Å². The Hall–Kier alpha value is -2.59. The number of aliphatic hydroxyl groups excluding tert-OH is 1. The molecule has 0 aliphatic heterocycles. The quantitative estimate of drug-likeness (QED) is 0.715. The standard InChI is InChI=1S/C12H13N3O4/c1-15(9-4-2-3-8(5-9)6-13)12(19)14-7-10(16)11(17)18/h2-5,10,16H,7H2,1H3,(H,14,19)(H,17,18). The maximum Gasteiger partial charge on any atom is 0.334 e. The zero-order valence-electron chi connectivity index (χ0n) is 10.2. The fourth-order valence-corrected chi connectivity index (χ4v) is 1.29. The van der Waals surface area contributed by atoms with Gasteiger partial charge in [0.2, 0.25) is 0 Å². The highest BCUT2D eigenvalue weighted by atomic mass is 16.4. The lowest BCUT2D eigenvalue weighted by Crippen LogP contribution is -2.43. The molecule has 0 radical (unpaired) electrons. The summed E-state index contributed by atoms with van der Waals surface area (Å²) in [4.78, 5) is 23.3. The van der Waals surface area contributed by atoms with Gasteiger partial charge in [-0.3, -0.25) is 4.90 Å². The Morgan fingerprint density at radius 1 is 1.53 bits per heavy atom. The molecule has 0 spiro atoms. The van der Waals surface area contributed by atoms with Crippen molar-refractivity contribution in [3.8, 4) is 6.07 Å². The van der Waals surface area contributed by atoms with Crippen LogP contribution in [0.3, 0.4) is 0 Å². The molecule has 3 N–H and O–H groups in total. The van der Waals surface area contributed by atoms with Crippen molar-refractivity contribution in [1.29, 1.82) is 5.26 Å². The zero-order valence-corrected chi connectivity index (χ0v) is 10.2. The van der Waals surface area contributed by atoms with Crippen LogP contribution in [0.1, 0.15) is 5.56 Å². The highest BCUT2D eigenvalue weighted by Gasteiger charge is 2.16. The minimum Gasteiger partial charge on any atom is -0.479 e. The number of carboxylic acid groups (broad SMARTS) is 1. The number of carbonyl (C=O) groups is 2. The van der Waals surface area contributed by atoms with Gasteiger partial charge in [0.1, 0.15) is 0 Å². The van der Waals surface area contributed by atoms with Crippen molar-refractivity contribution in [2.45, 2.75) is 6.10 Å². The summed E-state index contributed by atoms with van der Waals surface area (Å²) in [6, 6.07) is 7.76. The first-order valence-electron chi connectivity index (χ1n) is 5.38. The van der Waals surface area contributed by atoms with Gasteiger partial charge in [-0.25, -0.2) is 9.59 Å². The number of rotatable bonds is 4. The maximum absolute atomic E-state index is 11.7. The molecule has 1 aromatic carbocycles. The smallest absolute Gasteiger partial charge is 0.334 e. The van der Waals surface area contributed by atoms with Crippen molar-refractivity contribution in [1.82, 2.24) is 5.32 Å². The van der Waals surface area contributed by atoms with E-state index in [0.717, 1.165) is 0 Å². The Balaban J connectivity index is 2.66. The van der Waals surface area contributed by atoms with Crippen LogP contribution in [-0.2, 0) is 4.79 Å². The molecule has 0 saturated heterocycles. The first-order valence-corrected chi connectivity index (χ1v) is 5.38. The number of anilines is 1. The Labute approximate surface area is 109 Å². The summed E-state index contributed by atoms with van der Waals surface area (Å²) in [5, 5.41) is 28.5. The van der Waals surface area contributed by atoms with Gasteiger partial charge >= 0.3 is 12.0 Å². The van der Waals surface area contributed by atoms with E-state index in [1.165, 1.54) is 18.0 Å². The number of amides is 2. The number of nitrogens with zero attached hydrogens (tertiary/aromatic N) is 2. The summed E-state index contributed by atoms with van der Waals surface area (Å²) in [6.07, 6.45) is -1.65. The van der Waals surface area contributed by atoms with E-state index in [4.69, 9.17) is 15.5 Å². The summed E-state index contributed by atoms with van der Waals surface area (Å²) >= 11 is 0. The highest BCUT2D eigenvalue weighted by Crippen LogP contribution is 2.14. The zero-order chi connectivity index (χ0) is 14.4. The van der Waals surface area contributed by atoms with Crippen LogP contribution in [0.15, 0.2) is 24.3 Å². The van der Waals surface area contributed by atoms with Gasteiger partial charge in [0, 0.05) is 12.7 Å². The van der Waals surface area contributed by atoms with E-state index in [9.17, 15) is 9.59 Å². The second-order valence-corrected chi connectivity index (χ2v) is 3.76. The highest BCUT2D eigenvalue weighted by molar-refractivity contribution is 5.91. The van der Waals surface area contributed by atoms with Gasteiger partial charge in [0.05, 0.1) is 18.2 Å². The molecule has 0 bridgehead atoms. The van der Waals surface area contributed by atoms with Gasteiger partial charge in [-0.2, -0.15) is 5.26 Å². The van der Waals surface area contributed by atoms with Crippen LogP contribution < -0.4 is 10.2 Å². The number of aliphatic carboxylic acids is 1.